The van der Waals surface area contributed by atoms with Gasteiger partial charge in [-0.2, -0.15) is 0 Å². The maximum atomic E-state index is 12.0. The third-order valence-corrected chi connectivity index (χ3v) is 4.76. The van der Waals surface area contributed by atoms with Gasteiger partial charge in [0.05, 0.1) is 5.75 Å². The average Bonchev–Trinajstić information content (AvgIpc) is 2.46. The smallest absolute Gasteiger partial charge is 0.230 e. The van der Waals surface area contributed by atoms with Gasteiger partial charge in [-0.15, -0.1) is 24.2 Å². The maximum Gasteiger partial charge on any atom is 0.230 e. The molecule has 1 aliphatic rings. The van der Waals surface area contributed by atoms with Crippen LogP contribution in [0.5, 0.6) is 0 Å². The fourth-order valence-electron chi connectivity index (χ4n) is 2.44. The highest BCUT2D eigenvalue weighted by Crippen LogP contribution is 2.25. The molecule has 124 valence electrons. The van der Waals surface area contributed by atoms with Crippen LogP contribution in [-0.2, 0) is 10.2 Å². The van der Waals surface area contributed by atoms with Crippen molar-refractivity contribution in [1.82, 2.24) is 10.6 Å². The second kappa shape index (κ2) is 8.80. The highest BCUT2D eigenvalue weighted by molar-refractivity contribution is 8.00. The normalized spacial score (nSPS) is 18.4. The van der Waals surface area contributed by atoms with E-state index in [-0.39, 0.29) is 23.7 Å². The van der Waals surface area contributed by atoms with Crippen LogP contribution in [0, 0.1) is 0 Å². The summed E-state index contributed by atoms with van der Waals surface area (Å²) >= 11 is 1.60. The predicted molar refractivity (Wildman–Crippen MR) is 97.1 cm³/mol. The molecule has 0 spiro atoms. The number of carbonyl (C=O) groups is 1. The van der Waals surface area contributed by atoms with Gasteiger partial charge in [0.2, 0.25) is 5.91 Å². The Labute approximate surface area is 144 Å². The lowest BCUT2D eigenvalue weighted by molar-refractivity contribution is -0.119. The zero-order valence-corrected chi connectivity index (χ0v) is 15.3. The van der Waals surface area contributed by atoms with Crippen molar-refractivity contribution in [1.29, 1.82) is 0 Å². The van der Waals surface area contributed by atoms with E-state index in [0.29, 0.717) is 11.8 Å². The first-order chi connectivity index (χ1) is 9.95. The standard InChI is InChI=1S/C17H26N2OS.ClH/c1-17(2,3)13-6-8-15(9-7-13)21-12-16(20)19-14-5-4-10-18-11-14;/h6-9,14,18H,4-5,10-12H2,1-3H3,(H,19,20);1H/t14-;/m0./s1. The molecule has 2 N–H and O–H groups in total. The molecule has 1 aromatic rings. The van der Waals surface area contributed by atoms with Crippen LogP contribution in [0.4, 0.5) is 0 Å². The molecule has 0 saturated carbocycles. The van der Waals surface area contributed by atoms with E-state index in [1.54, 1.807) is 11.8 Å². The van der Waals surface area contributed by atoms with Gasteiger partial charge in [0.25, 0.3) is 0 Å². The van der Waals surface area contributed by atoms with Gasteiger partial charge in [-0.25, -0.2) is 0 Å². The Morgan fingerprint density at radius 1 is 1.32 bits per heavy atom. The first kappa shape index (κ1) is 19.3. The molecular weight excluding hydrogens is 316 g/mol. The van der Waals surface area contributed by atoms with Crippen LogP contribution in [0.3, 0.4) is 0 Å². The number of amides is 1. The minimum atomic E-state index is 0. The largest absolute Gasteiger partial charge is 0.351 e. The Hall–Kier alpha value is -0.710. The summed E-state index contributed by atoms with van der Waals surface area (Å²) in [4.78, 5) is 13.1. The Morgan fingerprint density at radius 2 is 2.00 bits per heavy atom. The van der Waals surface area contributed by atoms with Crippen molar-refractivity contribution in [3.8, 4) is 0 Å². The quantitative estimate of drug-likeness (QED) is 0.824. The summed E-state index contributed by atoms with van der Waals surface area (Å²) in [6, 6.07) is 8.84. The van der Waals surface area contributed by atoms with Crippen LogP contribution in [0.25, 0.3) is 0 Å². The first-order valence-electron chi connectivity index (χ1n) is 7.68. The summed E-state index contributed by atoms with van der Waals surface area (Å²) in [5, 5.41) is 6.42. The fraction of sp³-hybridized carbons (Fsp3) is 0.588. The molecule has 5 heteroatoms. The third-order valence-electron chi connectivity index (χ3n) is 3.75. The molecule has 0 bridgehead atoms. The number of benzene rings is 1. The predicted octanol–water partition coefficient (Wildman–Crippen LogP) is 3.37. The first-order valence-corrected chi connectivity index (χ1v) is 8.67. The van der Waals surface area contributed by atoms with E-state index >= 15 is 0 Å². The number of nitrogens with one attached hydrogen (secondary N) is 2. The van der Waals surface area contributed by atoms with E-state index in [4.69, 9.17) is 0 Å². The van der Waals surface area contributed by atoms with Gasteiger partial charge < -0.3 is 10.6 Å². The van der Waals surface area contributed by atoms with Crippen LogP contribution in [-0.4, -0.2) is 30.8 Å². The van der Waals surface area contributed by atoms with Gasteiger partial charge >= 0.3 is 0 Å². The van der Waals surface area contributed by atoms with Gasteiger partial charge in [0, 0.05) is 17.5 Å². The lowest BCUT2D eigenvalue weighted by Gasteiger charge is -2.23. The van der Waals surface area contributed by atoms with Crippen LogP contribution < -0.4 is 10.6 Å². The van der Waals surface area contributed by atoms with Crippen LogP contribution in [0.2, 0.25) is 0 Å². The molecule has 1 heterocycles. The fourth-order valence-corrected chi connectivity index (χ4v) is 3.15. The van der Waals surface area contributed by atoms with Gasteiger partial charge in [-0.3, -0.25) is 4.79 Å². The van der Waals surface area contributed by atoms with Crippen molar-refractivity contribution in [3.05, 3.63) is 29.8 Å². The molecule has 0 aliphatic carbocycles. The minimum absolute atomic E-state index is 0. The lowest BCUT2D eigenvalue weighted by atomic mass is 9.87. The van der Waals surface area contributed by atoms with Crippen molar-refractivity contribution in [2.24, 2.45) is 0 Å². The van der Waals surface area contributed by atoms with Gasteiger partial charge in [-0.05, 0) is 42.5 Å². The highest BCUT2D eigenvalue weighted by atomic mass is 35.5. The van der Waals surface area contributed by atoms with Crippen LogP contribution in [0.15, 0.2) is 29.2 Å². The average molecular weight is 343 g/mol. The molecule has 2 rings (SSSR count). The van der Waals surface area contributed by atoms with Crippen LogP contribution in [0.1, 0.15) is 39.2 Å². The van der Waals surface area contributed by atoms with Crippen molar-refractivity contribution in [2.75, 3.05) is 18.8 Å². The Balaban J connectivity index is 0.00000242. The van der Waals surface area contributed by atoms with E-state index in [1.165, 1.54) is 5.56 Å². The van der Waals surface area contributed by atoms with Gasteiger partial charge in [-0.1, -0.05) is 32.9 Å². The maximum absolute atomic E-state index is 12.0. The number of hydrogen-bond donors (Lipinski definition) is 2. The topological polar surface area (TPSA) is 41.1 Å². The Bertz CT molecular complexity index is 465. The van der Waals surface area contributed by atoms with Crippen LogP contribution >= 0.6 is 24.2 Å². The van der Waals surface area contributed by atoms with Crippen molar-refractivity contribution in [2.45, 2.75) is 50.0 Å². The SMILES string of the molecule is CC(C)(C)c1ccc(SCC(=O)N[C@H]2CCCNC2)cc1.Cl. The second-order valence-electron chi connectivity index (χ2n) is 6.67. The Kier molecular flexibility index (Phi) is 7.74. The number of piperidine rings is 1. The van der Waals surface area contributed by atoms with E-state index in [9.17, 15) is 4.79 Å². The second-order valence-corrected chi connectivity index (χ2v) is 7.72. The summed E-state index contributed by atoms with van der Waals surface area (Å²) in [5.41, 5.74) is 1.50. The van der Waals surface area contributed by atoms with E-state index in [2.05, 4.69) is 55.7 Å². The molecule has 0 aromatic heterocycles. The lowest BCUT2D eigenvalue weighted by Crippen LogP contribution is -2.46. The highest BCUT2D eigenvalue weighted by Gasteiger charge is 2.16. The summed E-state index contributed by atoms with van der Waals surface area (Å²) in [6.07, 6.45) is 2.23. The molecule has 0 unspecified atom stereocenters. The minimum Gasteiger partial charge on any atom is -0.351 e. The molecular formula is C17H27ClN2OS. The van der Waals surface area contributed by atoms with E-state index < -0.39 is 0 Å². The molecule has 1 saturated heterocycles. The zero-order chi connectivity index (χ0) is 15.3. The van der Waals surface area contributed by atoms with E-state index in [1.807, 2.05) is 0 Å². The number of thioether (sulfide) groups is 1. The number of rotatable bonds is 4. The van der Waals surface area contributed by atoms with E-state index in [0.717, 1.165) is 30.8 Å². The molecule has 1 aliphatic heterocycles. The number of halogens is 1. The third kappa shape index (κ3) is 6.19. The Morgan fingerprint density at radius 3 is 2.55 bits per heavy atom. The van der Waals surface area contributed by atoms with Crippen molar-refractivity contribution < 1.29 is 4.79 Å². The molecule has 3 nitrogen and oxygen atoms in total. The summed E-state index contributed by atoms with van der Waals surface area (Å²) in [6.45, 7) is 8.60. The van der Waals surface area contributed by atoms with Crippen molar-refractivity contribution in [3.63, 3.8) is 0 Å². The van der Waals surface area contributed by atoms with Gasteiger partial charge in [0.15, 0.2) is 0 Å². The molecule has 1 atom stereocenters. The monoisotopic (exact) mass is 342 g/mol. The number of hydrogen-bond acceptors (Lipinski definition) is 3. The molecule has 1 fully saturated rings. The molecule has 0 radical (unpaired) electrons. The van der Waals surface area contributed by atoms with Crippen molar-refractivity contribution >= 4 is 30.1 Å². The molecule has 1 aromatic carbocycles. The molecule has 1 amide bonds. The summed E-state index contributed by atoms with van der Waals surface area (Å²) < 4.78 is 0. The molecule has 22 heavy (non-hydrogen) atoms. The summed E-state index contributed by atoms with van der Waals surface area (Å²) in [5.74, 6) is 0.624. The number of carbonyl (C=O) groups excluding carboxylic acids is 1. The zero-order valence-electron chi connectivity index (χ0n) is 13.6. The van der Waals surface area contributed by atoms with Gasteiger partial charge in [0.1, 0.15) is 0 Å². The summed E-state index contributed by atoms with van der Waals surface area (Å²) in [7, 11) is 0.